The van der Waals surface area contributed by atoms with Crippen molar-refractivity contribution in [2.75, 3.05) is 19.8 Å². The van der Waals surface area contributed by atoms with E-state index in [1.165, 1.54) is 0 Å². The van der Waals surface area contributed by atoms with Crippen LogP contribution in [0, 0.1) is 5.92 Å². The second-order valence-corrected chi connectivity index (χ2v) is 7.23. The minimum absolute atomic E-state index is 0.161. The fourth-order valence-corrected chi connectivity index (χ4v) is 4.53. The SMILES string of the molecule is CCO[Si](CC=CCC1CC(=O)OC1=O)(OCC)OCC. The second kappa shape index (κ2) is 9.09. The zero-order valence-corrected chi connectivity index (χ0v) is 13.9. The number of hydrogen-bond acceptors (Lipinski definition) is 6. The topological polar surface area (TPSA) is 71.1 Å². The molecule has 0 radical (unpaired) electrons. The van der Waals surface area contributed by atoms with Gasteiger partial charge in [0.25, 0.3) is 0 Å². The minimum atomic E-state index is -2.67. The Labute approximate surface area is 126 Å². The van der Waals surface area contributed by atoms with Gasteiger partial charge in [0.05, 0.1) is 12.3 Å². The third-order valence-corrected chi connectivity index (χ3v) is 5.93. The molecule has 0 aromatic rings. The van der Waals surface area contributed by atoms with Crippen molar-refractivity contribution in [2.24, 2.45) is 5.92 Å². The summed E-state index contributed by atoms with van der Waals surface area (Å²) in [6, 6.07) is 0.554. The maximum atomic E-state index is 11.3. The van der Waals surface area contributed by atoms with Crippen LogP contribution in [-0.4, -0.2) is 40.6 Å². The van der Waals surface area contributed by atoms with E-state index < -0.39 is 20.7 Å². The molecule has 1 saturated heterocycles. The molecule has 0 aromatic carbocycles. The average molecular weight is 316 g/mol. The highest BCUT2D eigenvalue weighted by Crippen LogP contribution is 2.21. The highest BCUT2D eigenvalue weighted by molar-refractivity contribution is 6.61. The van der Waals surface area contributed by atoms with Crippen molar-refractivity contribution in [1.29, 1.82) is 0 Å². The Balaban J connectivity index is 2.52. The number of cyclic esters (lactones) is 2. The number of rotatable bonds is 10. The van der Waals surface area contributed by atoms with Crippen LogP contribution in [0.25, 0.3) is 0 Å². The monoisotopic (exact) mass is 316 g/mol. The first-order valence-electron chi connectivity index (χ1n) is 7.38. The Morgan fingerprint density at radius 2 is 1.67 bits per heavy atom. The Morgan fingerprint density at radius 3 is 2.10 bits per heavy atom. The molecule has 0 aromatic heterocycles. The standard InChI is InChI=1S/C14H24O6Si/c1-4-17-21(18-5-2,19-6-3)10-8-7-9-12-11-13(15)20-14(12)16/h7-8,12H,4-6,9-11H2,1-3H3. The van der Waals surface area contributed by atoms with E-state index in [1.54, 1.807) is 0 Å². The zero-order chi connectivity index (χ0) is 15.7. The van der Waals surface area contributed by atoms with Gasteiger partial charge in [-0.3, -0.25) is 9.59 Å². The zero-order valence-electron chi connectivity index (χ0n) is 12.9. The van der Waals surface area contributed by atoms with Crippen molar-refractivity contribution in [3.8, 4) is 0 Å². The van der Waals surface area contributed by atoms with Gasteiger partial charge in [0.1, 0.15) is 0 Å². The van der Waals surface area contributed by atoms with Crippen LogP contribution in [-0.2, 0) is 27.6 Å². The van der Waals surface area contributed by atoms with Gasteiger partial charge >= 0.3 is 20.7 Å². The summed E-state index contributed by atoms with van der Waals surface area (Å²) < 4.78 is 21.7. The van der Waals surface area contributed by atoms with E-state index in [4.69, 9.17) is 13.3 Å². The third kappa shape index (κ3) is 5.70. The molecular formula is C14H24O6Si. The van der Waals surface area contributed by atoms with Crippen LogP contribution >= 0.6 is 0 Å². The molecule has 0 bridgehead atoms. The van der Waals surface area contributed by atoms with Crippen molar-refractivity contribution in [3.05, 3.63) is 12.2 Å². The first kappa shape index (κ1) is 18.0. The smallest absolute Gasteiger partial charge is 0.393 e. The van der Waals surface area contributed by atoms with Gasteiger partial charge < -0.3 is 18.0 Å². The number of esters is 2. The molecule has 7 heteroatoms. The molecule has 1 fully saturated rings. The average Bonchev–Trinajstić information content (AvgIpc) is 2.74. The van der Waals surface area contributed by atoms with Crippen LogP contribution in [0.3, 0.4) is 0 Å². The van der Waals surface area contributed by atoms with E-state index in [1.807, 2.05) is 32.9 Å². The highest BCUT2D eigenvalue weighted by atomic mass is 28.4. The summed E-state index contributed by atoms with van der Waals surface area (Å²) in [7, 11) is -2.67. The summed E-state index contributed by atoms with van der Waals surface area (Å²) in [5, 5.41) is 0. The largest absolute Gasteiger partial charge is 0.504 e. The summed E-state index contributed by atoms with van der Waals surface area (Å²) in [6.07, 6.45) is 4.42. The molecule has 1 rings (SSSR count). The molecule has 1 unspecified atom stereocenters. The molecule has 1 atom stereocenters. The van der Waals surface area contributed by atoms with Crippen LogP contribution in [0.5, 0.6) is 0 Å². The molecule has 0 amide bonds. The van der Waals surface area contributed by atoms with Gasteiger partial charge in [-0.15, -0.1) is 0 Å². The molecular weight excluding hydrogens is 292 g/mol. The fraction of sp³-hybridized carbons (Fsp3) is 0.714. The van der Waals surface area contributed by atoms with Crippen molar-refractivity contribution >= 4 is 20.7 Å². The van der Waals surface area contributed by atoms with E-state index in [9.17, 15) is 9.59 Å². The van der Waals surface area contributed by atoms with Gasteiger partial charge in [0, 0.05) is 25.9 Å². The van der Waals surface area contributed by atoms with Crippen LogP contribution in [0.1, 0.15) is 33.6 Å². The molecule has 1 aliphatic heterocycles. The number of carbonyl (C=O) groups excluding carboxylic acids is 2. The van der Waals surface area contributed by atoms with Gasteiger partial charge in [-0.05, 0) is 27.2 Å². The summed E-state index contributed by atoms with van der Waals surface area (Å²) in [5.41, 5.74) is 0. The second-order valence-electron chi connectivity index (χ2n) is 4.59. The lowest BCUT2D eigenvalue weighted by molar-refractivity contribution is -0.153. The van der Waals surface area contributed by atoms with Crippen LogP contribution in [0.4, 0.5) is 0 Å². The number of hydrogen-bond donors (Lipinski definition) is 0. The van der Waals surface area contributed by atoms with Crippen molar-refractivity contribution in [3.63, 3.8) is 0 Å². The van der Waals surface area contributed by atoms with Crippen molar-refractivity contribution < 1.29 is 27.6 Å². The fourth-order valence-electron chi connectivity index (χ4n) is 2.15. The maximum Gasteiger partial charge on any atom is 0.504 e. The van der Waals surface area contributed by atoms with Crippen LogP contribution in [0.15, 0.2) is 12.2 Å². The van der Waals surface area contributed by atoms with Gasteiger partial charge in [-0.1, -0.05) is 12.2 Å². The van der Waals surface area contributed by atoms with E-state index in [0.717, 1.165) is 0 Å². The molecule has 1 heterocycles. The molecule has 6 nitrogen and oxygen atoms in total. The Morgan fingerprint density at radius 1 is 1.10 bits per heavy atom. The predicted molar refractivity (Wildman–Crippen MR) is 78.4 cm³/mol. The summed E-state index contributed by atoms with van der Waals surface area (Å²) >= 11 is 0. The minimum Gasteiger partial charge on any atom is -0.393 e. The summed E-state index contributed by atoms with van der Waals surface area (Å²) in [6.45, 7) is 7.31. The van der Waals surface area contributed by atoms with Crippen LogP contribution < -0.4 is 0 Å². The van der Waals surface area contributed by atoms with Crippen molar-refractivity contribution in [1.82, 2.24) is 0 Å². The molecule has 0 spiro atoms. The van der Waals surface area contributed by atoms with Gasteiger partial charge in [-0.25, -0.2) is 0 Å². The lowest BCUT2D eigenvalue weighted by Gasteiger charge is -2.27. The van der Waals surface area contributed by atoms with Crippen molar-refractivity contribution in [2.45, 2.75) is 39.7 Å². The molecule has 0 saturated carbocycles. The molecule has 120 valence electrons. The number of carbonyl (C=O) groups is 2. The Hall–Kier alpha value is -1.02. The highest BCUT2D eigenvalue weighted by Gasteiger charge is 2.39. The van der Waals surface area contributed by atoms with Gasteiger partial charge in [0.2, 0.25) is 0 Å². The van der Waals surface area contributed by atoms with Gasteiger partial charge in [0.15, 0.2) is 0 Å². The third-order valence-electron chi connectivity index (χ3n) is 3.01. The quantitative estimate of drug-likeness (QED) is 0.266. The number of allylic oxidation sites excluding steroid dienone is 2. The van der Waals surface area contributed by atoms with Gasteiger partial charge in [-0.2, -0.15) is 0 Å². The summed E-state index contributed by atoms with van der Waals surface area (Å²) in [4.78, 5) is 22.3. The lowest BCUT2D eigenvalue weighted by Crippen LogP contribution is -2.45. The van der Waals surface area contributed by atoms with E-state index in [0.29, 0.717) is 32.3 Å². The Bertz CT molecular complexity index is 365. The van der Waals surface area contributed by atoms with Crippen LogP contribution in [0.2, 0.25) is 6.04 Å². The molecule has 21 heavy (non-hydrogen) atoms. The maximum absolute atomic E-state index is 11.3. The number of ether oxygens (including phenoxy) is 1. The molecule has 0 aliphatic carbocycles. The van der Waals surface area contributed by atoms with E-state index in [2.05, 4.69) is 4.74 Å². The van der Waals surface area contributed by atoms with E-state index in [-0.39, 0.29) is 12.3 Å². The lowest BCUT2D eigenvalue weighted by atomic mass is 10.0. The first-order chi connectivity index (χ1) is 10.1. The predicted octanol–water partition coefficient (Wildman–Crippen LogP) is 2.07. The Kier molecular flexibility index (Phi) is 7.80. The molecule has 0 N–H and O–H groups in total. The molecule has 1 aliphatic rings. The summed E-state index contributed by atoms with van der Waals surface area (Å²) in [5.74, 6) is -1.25. The van der Waals surface area contributed by atoms with E-state index >= 15 is 0 Å². The first-order valence-corrected chi connectivity index (χ1v) is 9.31. The normalized spacial score (nSPS) is 19.5.